The number of halogens is 1. The molecule has 2 amide bonds. The van der Waals surface area contributed by atoms with Gasteiger partial charge in [-0.25, -0.2) is 8.42 Å². The van der Waals surface area contributed by atoms with Gasteiger partial charge < -0.3 is 10.2 Å². The zero-order chi connectivity index (χ0) is 25.5. The molecule has 0 aliphatic carbocycles. The van der Waals surface area contributed by atoms with Crippen molar-refractivity contribution in [2.24, 2.45) is 0 Å². The van der Waals surface area contributed by atoms with Crippen LogP contribution in [-0.2, 0) is 26.2 Å². The van der Waals surface area contributed by atoms with Crippen LogP contribution in [0.3, 0.4) is 0 Å². The Labute approximate surface area is 208 Å². The van der Waals surface area contributed by atoms with E-state index in [9.17, 15) is 18.0 Å². The van der Waals surface area contributed by atoms with Crippen molar-refractivity contribution < 1.29 is 18.0 Å². The molecule has 9 heteroatoms. The summed E-state index contributed by atoms with van der Waals surface area (Å²) in [5.41, 5.74) is 2.20. The lowest BCUT2D eigenvalue weighted by molar-refractivity contribution is -0.140. The topological polar surface area (TPSA) is 86.8 Å². The fourth-order valence-corrected chi connectivity index (χ4v) is 4.53. The van der Waals surface area contributed by atoms with E-state index in [1.165, 1.54) is 4.90 Å². The Morgan fingerprint density at radius 2 is 1.65 bits per heavy atom. The van der Waals surface area contributed by atoms with Gasteiger partial charge in [-0.3, -0.25) is 13.9 Å². The van der Waals surface area contributed by atoms with Crippen LogP contribution in [0, 0.1) is 6.92 Å². The van der Waals surface area contributed by atoms with E-state index in [1.807, 2.05) is 52.0 Å². The van der Waals surface area contributed by atoms with Crippen LogP contribution >= 0.6 is 11.6 Å². The van der Waals surface area contributed by atoms with Crippen molar-refractivity contribution in [1.82, 2.24) is 10.2 Å². The summed E-state index contributed by atoms with van der Waals surface area (Å²) >= 11 is 5.95. The van der Waals surface area contributed by atoms with Crippen molar-refractivity contribution in [2.45, 2.75) is 59.2 Å². The molecular weight excluding hydrogens is 474 g/mol. The zero-order valence-electron chi connectivity index (χ0n) is 20.4. The lowest BCUT2D eigenvalue weighted by Gasteiger charge is -2.33. The number of anilines is 1. The van der Waals surface area contributed by atoms with Crippen molar-refractivity contribution in [1.29, 1.82) is 0 Å². The summed E-state index contributed by atoms with van der Waals surface area (Å²) in [6, 6.07) is 13.1. The number of amides is 2. The van der Waals surface area contributed by atoms with E-state index in [0.717, 1.165) is 28.1 Å². The maximum absolute atomic E-state index is 13.6. The Kier molecular flexibility index (Phi) is 9.94. The molecule has 0 radical (unpaired) electrons. The third-order valence-corrected chi connectivity index (χ3v) is 7.18. The van der Waals surface area contributed by atoms with Gasteiger partial charge in [-0.05, 0) is 62.1 Å². The smallest absolute Gasteiger partial charge is 0.244 e. The first-order chi connectivity index (χ1) is 16.0. The molecule has 34 heavy (non-hydrogen) atoms. The minimum atomic E-state index is -3.77. The molecule has 0 aliphatic heterocycles. The predicted octanol–water partition coefficient (Wildman–Crippen LogP) is 4.14. The third-order valence-electron chi connectivity index (χ3n) is 5.78. The summed E-state index contributed by atoms with van der Waals surface area (Å²) in [5, 5.41) is 3.41. The van der Waals surface area contributed by atoms with E-state index >= 15 is 0 Å². The van der Waals surface area contributed by atoms with E-state index in [2.05, 4.69) is 5.32 Å². The Bertz CT molecular complexity index is 1090. The van der Waals surface area contributed by atoms with Gasteiger partial charge in [0.15, 0.2) is 0 Å². The number of carbonyl (C=O) groups is 2. The van der Waals surface area contributed by atoms with E-state index in [0.29, 0.717) is 17.1 Å². The average Bonchev–Trinajstić information content (AvgIpc) is 2.78. The Morgan fingerprint density at radius 3 is 2.18 bits per heavy atom. The minimum Gasteiger partial charge on any atom is -0.352 e. The number of nitrogens with zero attached hydrogens (tertiary/aromatic N) is 2. The second-order valence-corrected chi connectivity index (χ2v) is 10.8. The van der Waals surface area contributed by atoms with Gasteiger partial charge in [0.1, 0.15) is 12.6 Å². The summed E-state index contributed by atoms with van der Waals surface area (Å²) in [4.78, 5) is 28.2. The molecule has 0 saturated carbocycles. The van der Waals surface area contributed by atoms with E-state index in [1.54, 1.807) is 24.3 Å². The first-order valence-electron chi connectivity index (χ1n) is 11.4. The molecule has 0 aliphatic rings. The zero-order valence-corrected chi connectivity index (χ0v) is 22.0. The summed E-state index contributed by atoms with van der Waals surface area (Å²) in [7, 11) is -3.77. The molecule has 7 nitrogen and oxygen atoms in total. The number of sulfonamides is 1. The molecule has 2 aromatic rings. The van der Waals surface area contributed by atoms with Gasteiger partial charge in [0.25, 0.3) is 0 Å². The molecule has 0 heterocycles. The maximum atomic E-state index is 13.6. The van der Waals surface area contributed by atoms with Gasteiger partial charge in [-0.2, -0.15) is 0 Å². The number of rotatable bonds is 11. The summed E-state index contributed by atoms with van der Waals surface area (Å²) < 4.78 is 26.2. The second-order valence-electron chi connectivity index (χ2n) is 8.44. The number of aryl methyl sites for hydroxylation is 1. The summed E-state index contributed by atoms with van der Waals surface area (Å²) in [6.07, 6.45) is 2.19. The number of hydrogen-bond donors (Lipinski definition) is 1. The lowest BCUT2D eigenvalue weighted by atomic mass is 10.1. The number of carbonyl (C=O) groups excluding carboxylic acids is 2. The summed E-state index contributed by atoms with van der Waals surface area (Å²) in [5.74, 6) is -0.717. The van der Waals surface area contributed by atoms with Crippen LogP contribution in [0.25, 0.3) is 0 Å². The number of nitrogens with one attached hydrogen (secondary N) is 1. The Balaban J connectivity index is 2.44. The molecule has 0 bridgehead atoms. The molecule has 2 atom stereocenters. The van der Waals surface area contributed by atoms with Crippen LogP contribution in [0.5, 0.6) is 0 Å². The highest BCUT2D eigenvalue weighted by molar-refractivity contribution is 7.92. The van der Waals surface area contributed by atoms with Crippen LogP contribution in [0.1, 0.15) is 44.7 Å². The first-order valence-corrected chi connectivity index (χ1v) is 13.6. The Morgan fingerprint density at radius 1 is 1.03 bits per heavy atom. The van der Waals surface area contributed by atoms with Crippen molar-refractivity contribution in [3.05, 3.63) is 64.7 Å². The fraction of sp³-hybridized carbons (Fsp3) is 0.440. The van der Waals surface area contributed by atoms with E-state index < -0.39 is 28.5 Å². The van der Waals surface area contributed by atoms with Gasteiger partial charge in [0.2, 0.25) is 21.8 Å². The van der Waals surface area contributed by atoms with Crippen molar-refractivity contribution >= 4 is 39.1 Å². The SMILES string of the molecule is CC[C@H](C(=O)N[C@@H](C)CC)N(Cc1ccccc1C)C(=O)CN(c1ccc(Cl)cc1)S(C)(=O)=O. The standard InChI is InChI=1S/C25H34ClN3O4S/c1-6-19(4)27-25(31)23(7-2)28(16-20-11-9-8-10-18(20)3)24(30)17-29(34(5,32)33)22-14-12-21(26)13-15-22/h8-15,19,23H,6-7,16-17H2,1-5H3,(H,27,31)/t19-,23+/m0/s1. The monoisotopic (exact) mass is 507 g/mol. The van der Waals surface area contributed by atoms with Gasteiger partial charge in [-0.1, -0.05) is 49.7 Å². The van der Waals surface area contributed by atoms with Gasteiger partial charge in [0.05, 0.1) is 11.9 Å². The molecule has 0 aromatic heterocycles. The van der Waals surface area contributed by atoms with Crippen molar-refractivity contribution in [2.75, 3.05) is 17.1 Å². The van der Waals surface area contributed by atoms with Crippen LogP contribution in [0.2, 0.25) is 5.02 Å². The molecule has 2 aromatic carbocycles. The molecule has 0 saturated heterocycles. The highest BCUT2D eigenvalue weighted by Gasteiger charge is 2.32. The van der Waals surface area contributed by atoms with Crippen LogP contribution < -0.4 is 9.62 Å². The van der Waals surface area contributed by atoms with E-state index in [-0.39, 0.29) is 18.5 Å². The minimum absolute atomic E-state index is 0.0430. The van der Waals surface area contributed by atoms with Crippen molar-refractivity contribution in [3.63, 3.8) is 0 Å². The van der Waals surface area contributed by atoms with Crippen LogP contribution in [0.4, 0.5) is 5.69 Å². The lowest BCUT2D eigenvalue weighted by Crippen LogP contribution is -2.53. The highest BCUT2D eigenvalue weighted by Crippen LogP contribution is 2.22. The van der Waals surface area contributed by atoms with Gasteiger partial charge in [0, 0.05) is 17.6 Å². The van der Waals surface area contributed by atoms with Crippen LogP contribution in [-0.4, -0.2) is 50.0 Å². The number of hydrogen-bond acceptors (Lipinski definition) is 4. The predicted molar refractivity (Wildman–Crippen MR) is 137 cm³/mol. The van der Waals surface area contributed by atoms with E-state index in [4.69, 9.17) is 11.6 Å². The largest absolute Gasteiger partial charge is 0.352 e. The number of benzene rings is 2. The summed E-state index contributed by atoms with van der Waals surface area (Å²) in [6.45, 7) is 7.42. The second kappa shape index (κ2) is 12.2. The quantitative estimate of drug-likeness (QED) is 0.495. The van der Waals surface area contributed by atoms with Crippen molar-refractivity contribution in [3.8, 4) is 0 Å². The average molecular weight is 508 g/mol. The Hall–Kier alpha value is -2.58. The molecule has 0 spiro atoms. The molecule has 0 unspecified atom stereocenters. The highest BCUT2D eigenvalue weighted by atomic mass is 35.5. The fourth-order valence-electron chi connectivity index (χ4n) is 3.55. The molecule has 1 N–H and O–H groups in total. The normalized spacial score (nSPS) is 13.1. The first kappa shape index (κ1) is 27.7. The molecule has 0 fully saturated rings. The third kappa shape index (κ3) is 7.46. The van der Waals surface area contributed by atoms with Gasteiger partial charge in [-0.15, -0.1) is 0 Å². The maximum Gasteiger partial charge on any atom is 0.244 e. The molecule has 2 rings (SSSR count). The van der Waals surface area contributed by atoms with Gasteiger partial charge >= 0.3 is 0 Å². The molecular formula is C25H34ClN3O4S. The molecule has 186 valence electrons. The van der Waals surface area contributed by atoms with Crippen LogP contribution in [0.15, 0.2) is 48.5 Å².